The summed E-state index contributed by atoms with van der Waals surface area (Å²) in [5.41, 5.74) is 6.89. The van der Waals surface area contributed by atoms with Gasteiger partial charge in [-0.25, -0.2) is 9.82 Å². The lowest BCUT2D eigenvalue weighted by Gasteiger charge is -2.19. The molecule has 2 aliphatic rings. The van der Waals surface area contributed by atoms with Gasteiger partial charge in [0.1, 0.15) is 11.9 Å². The van der Waals surface area contributed by atoms with E-state index in [9.17, 15) is 9.18 Å². The molecule has 0 radical (unpaired) electrons. The van der Waals surface area contributed by atoms with E-state index in [1.807, 2.05) is 6.07 Å². The van der Waals surface area contributed by atoms with Crippen LogP contribution in [0.15, 0.2) is 36.4 Å². The van der Waals surface area contributed by atoms with Gasteiger partial charge in [0, 0.05) is 31.2 Å². The Morgan fingerprint density at radius 3 is 2.81 bits per heavy atom. The van der Waals surface area contributed by atoms with Gasteiger partial charge < -0.3 is 10.2 Å². The highest BCUT2D eigenvalue weighted by molar-refractivity contribution is 5.82. The molecule has 8 heteroatoms. The van der Waals surface area contributed by atoms with E-state index in [0.717, 1.165) is 31.7 Å². The minimum atomic E-state index is -0.312. The molecular formula is C18H21FN6O. The molecule has 7 nitrogen and oxygen atoms in total. The van der Waals surface area contributed by atoms with Crippen molar-refractivity contribution in [3.63, 3.8) is 0 Å². The van der Waals surface area contributed by atoms with Crippen LogP contribution in [0, 0.1) is 5.82 Å². The molecular weight excluding hydrogens is 335 g/mol. The first-order chi connectivity index (χ1) is 12.7. The van der Waals surface area contributed by atoms with Crippen LogP contribution in [0.5, 0.6) is 0 Å². The van der Waals surface area contributed by atoms with Gasteiger partial charge in [-0.3, -0.25) is 10.2 Å². The van der Waals surface area contributed by atoms with Crippen molar-refractivity contribution in [2.45, 2.75) is 24.9 Å². The second kappa shape index (κ2) is 7.35. The summed E-state index contributed by atoms with van der Waals surface area (Å²) in [4.78, 5) is 14.3. The molecule has 0 bridgehead atoms. The molecule has 2 aromatic rings. The molecule has 136 valence electrons. The van der Waals surface area contributed by atoms with Gasteiger partial charge in [-0.15, -0.1) is 10.2 Å². The lowest BCUT2D eigenvalue weighted by molar-refractivity contribution is -0.123. The van der Waals surface area contributed by atoms with E-state index >= 15 is 0 Å². The van der Waals surface area contributed by atoms with Gasteiger partial charge in [0.25, 0.3) is 0 Å². The van der Waals surface area contributed by atoms with Crippen LogP contribution in [0.3, 0.4) is 0 Å². The van der Waals surface area contributed by atoms with Crippen LogP contribution in [0.1, 0.15) is 12.8 Å². The summed E-state index contributed by atoms with van der Waals surface area (Å²) >= 11 is 0. The molecule has 3 N–H and O–H groups in total. The third kappa shape index (κ3) is 3.51. The van der Waals surface area contributed by atoms with Crippen molar-refractivity contribution in [2.24, 2.45) is 0 Å². The number of anilines is 1. The zero-order valence-electron chi connectivity index (χ0n) is 14.3. The number of benzene rings is 1. The number of carbonyl (C=O) groups is 1. The quantitative estimate of drug-likeness (QED) is 0.753. The van der Waals surface area contributed by atoms with Crippen molar-refractivity contribution >= 4 is 11.7 Å². The number of hydrogen-bond donors (Lipinski definition) is 3. The smallest absolute Gasteiger partial charge is 0.238 e. The second-order valence-corrected chi connectivity index (χ2v) is 6.61. The highest BCUT2D eigenvalue weighted by Crippen LogP contribution is 2.23. The Kier molecular flexibility index (Phi) is 4.77. The third-order valence-electron chi connectivity index (χ3n) is 4.81. The van der Waals surface area contributed by atoms with Crippen LogP contribution in [0.4, 0.5) is 10.2 Å². The maximum atomic E-state index is 13.8. The summed E-state index contributed by atoms with van der Waals surface area (Å²) in [6.45, 7) is 2.30. The standard InChI is InChI=1S/C18H21FN6O/c19-14-4-2-1-3-13(14)15-5-6-17(24-23-15)25-10-8-12(11-25)21-18(26)16-7-9-20-22-16/h1-6,12,16,20,22H,7-11H2,(H,21,26). The van der Waals surface area contributed by atoms with Crippen molar-refractivity contribution in [3.8, 4) is 11.3 Å². The molecule has 2 saturated heterocycles. The Morgan fingerprint density at radius 1 is 1.19 bits per heavy atom. The number of hydrogen-bond acceptors (Lipinski definition) is 6. The lowest BCUT2D eigenvalue weighted by Crippen LogP contribution is -2.47. The summed E-state index contributed by atoms with van der Waals surface area (Å²) in [6, 6.07) is 10.1. The average molecular weight is 356 g/mol. The number of aromatic nitrogens is 2. The van der Waals surface area contributed by atoms with Crippen molar-refractivity contribution in [3.05, 3.63) is 42.2 Å². The van der Waals surface area contributed by atoms with E-state index in [4.69, 9.17) is 0 Å². The van der Waals surface area contributed by atoms with E-state index < -0.39 is 0 Å². The number of nitrogens with one attached hydrogen (secondary N) is 3. The molecule has 2 fully saturated rings. The Morgan fingerprint density at radius 2 is 2.08 bits per heavy atom. The van der Waals surface area contributed by atoms with Crippen molar-refractivity contribution < 1.29 is 9.18 Å². The van der Waals surface area contributed by atoms with Crippen molar-refractivity contribution in [2.75, 3.05) is 24.5 Å². The minimum Gasteiger partial charge on any atom is -0.353 e. The average Bonchev–Trinajstić information content (AvgIpc) is 3.34. The van der Waals surface area contributed by atoms with Crippen molar-refractivity contribution in [1.82, 2.24) is 26.4 Å². The number of hydrazine groups is 1. The molecule has 0 aliphatic carbocycles. The number of halogens is 1. The summed E-state index contributed by atoms with van der Waals surface area (Å²) in [6.07, 6.45) is 1.66. The second-order valence-electron chi connectivity index (χ2n) is 6.61. The van der Waals surface area contributed by atoms with Gasteiger partial charge in [0.05, 0.1) is 5.69 Å². The number of nitrogens with zero attached hydrogens (tertiary/aromatic N) is 3. The molecule has 2 aliphatic heterocycles. The largest absolute Gasteiger partial charge is 0.353 e. The predicted molar refractivity (Wildman–Crippen MR) is 95.7 cm³/mol. The van der Waals surface area contributed by atoms with Crippen LogP contribution in [0.25, 0.3) is 11.3 Å². The first-order valence-corrected chi connectivity index (χ1v) is 8.83. The third-order valence-corrected chi connectivity index (χ3v) is 4.81. The fourth-order valence-corrected chi connectivity index (χ4v) is 3.38. The summed E-state index contributed by atoms with van der Waals surface area (Å²) in [5, 5.41) is 11.5. The highest BCUT2D eigenvalue weighted by atomic mass is 19.1. The normalized spacial score (nSPS) is 22.6. The van der Waals surface area contributed by atoms with E-state index in [0.29, 0.717) is 17.8 Å². The lowest BCUT2D eigenvalue weighted by atomic mass is 10.1. The summed E-state index contributed by atoms with van der Waals surface area (Å²) < 4.78 is 13.8. The molecule has 0 saturated carbocycles. The molecule has 4 rings (SSSR count). The van der Waals surface area contributed by atoms with Gasteiger partial charge in [-0.2, -0.15) is 0 Å². The summed E-state index contributed by atoms with van der Waals surface area (Å²) in [7, 11) is 0. The molecule has 0 spiro atoms. The van der Waals surface area contributed by atoms with Crippen LogP contribution < -0.4 is 21.1 Å². The summed E-state index contributed by atoms with van der Waals surface area (Å²) in [5.74, 6) is 0.457. The van der Waals surface area contributed by atoms with Crippen LogP contribution >= 0.6 is 0 Å². The topological polar surface area (TPSA) is 82.2 Å². The fourth-order valence-electron chi connectivity index (χ4n) is 3.38. The molecule has 1 amide bonds. The Labute approximate surface area is 151 Å². The molecule has 26 heavy (non-hydrogen) atoms. The van der Waals surface area contributed by atoms with Crippen molar-refractivity contribution in [1.29, 1.82) is 0 Å². The Hall–Kier alpha value is -2.58. The van der Waals surface area contributed by atoms with Gasteiger partial charge in [-0.1, -0.05) is 12.1 Å². The number of amides is 1. The van der Waals surface area contributed by atoms with E-state index in [-0.39, 0.29) is 23.8 Å². The molecule has 1 aromatic heterocycles. The zero-order chi connectivity index (χ0) is 17.9. The fraction of sp³-hybridized carbons (Fsp3) is 0.389. The minimum absolute atomic E-state index is 0.0304. The van der Waals surface area contributed by atoms with Gasteiger partial charge in [-0.05, 0) is 37.1 Å². The molecule has 1 aromatic carbocycles. The van der Waals surface area contributed by atoms with E-state index in [2.05, 4.69) is 31.3 Å². The molecule has 3 heterocycles. The van der Waals surface area contributed by atoms with E-state index in [1.54, 1.807) is 24.3 Å². The monoisotopic (exact) mass is 356 g/mol. The zero-order valence-corrected chi connectivity index (χ0v) is 14.3. The van der Waals surface area contributed by atoms with E-state index in [1.165, 1.54) is 6.07 Å². The molecule has 2 unspecified atom stereocenters. The van der Waals surface area contributed by atoms with Gasteiger partial charge in [0.2, 0.25) is 5.91 Å². The van der Waals surface area contributed by atoms with Gasteiger partial charge >= 0.3 is 0 Å². The maximum Gasteiger partial charge on any atom is 0.238 e. The predicted octanol–water partition coefficient (Wildman–Crippen LogP) is 0.844. The first-order valence-electron chi connectivity index (χ1n) is 8.83. The maximum absolute atomic E-state index is 13.8. The SMILES string of the molecule is O=C(NC1CCN(c2ccc(-c3ccccc3F)nn2)C1)C1CCNN1. The van der Waals surface area contributed by atoms with Crippen LogP contribution in [-0.2, 0) is 4.79 Å². The number of rotatable bonds is 4. The number of carbonyl (C=O) groups excluding carboxylic acids is 1. The van der Waals surface area contributed by atoms with Crippen LogP contribution in [0.2, 0.25) is 0 Å². The highest BCUT2D eigenvalue weighted by Gasteiger charge is 2.29. The Bertz CT molecular complexity index is 778. The van der Waals surface area contributed by atoms with Gasteiger partial charge in [0.15, 0.2) is 5.82 Å². The first kappa shape index (κ1) is 16.9. The van der Waals surface area contributed by atoms with Crippen LogP contribution in [-0.4, -0.2) is 47.8 Å². The molecule has 2 atom stereocenters. The Balaban J connectivity index is 1.38.